The topological polar surface area (TPSA) is 91.2 Å². The van der Waals surface area contributed by atoms with Crippen LogP contribution >= 0.6 is 0 Å². The number of tetrazole rings is 1. The predicted octanol–water partition coefficient (Wildman–Crippen LogP) is -1.23. The monoisotopic (exact) mass is 152 g/mol. The van der Waals surface area contributed by atoms with E-state index in [1.807, 2.05) is 0 Å². The van der Waals surface area contributed by atoms with E-state index in [4.69, 9.17) is 5.90 Å². The molecule has 2 N–H and O–H groups in total. The highest BCUT2D eigenvalue weighted by atomic mass is 16.6. The summed E-state index contributed by atoms with van der Waals surface area (Å²) in [6.07, 6.45) is 0. The molecule has 2 aromatic heterocycles. The van der Waals surface area contributed by atoms with Gasteiger partial charge in [-0.1, -0.05) is 0 Å². The summed E-state index contributed by atoms with van der Waals surface area (Å²) in [7, 11) is 0. The number of nitrogens with two attached hydrogens (primary N) is 1. The molecule has 7 nitrogen and oxygen atoms in total. The van der Waals surface area contributed by atoms with E-state index in [2.05, 4.69) is 25.5 Å². The number of aromatic nitrogens is 5. The molecule has 0 spiro atoms. The predicted molar refractivity (Wildman–Crippen MR) is 33.4 cm³/mol. The smallest absolute Gasteiger partial charge is 0.256 e. The molecule has 7 heteroatoms. The highest BCUT2D eigenvalue weighted by molar-refractivity contribution is 5.34. The van der Waals surface area contributed by atoms with Crippen molar-refractivity contribution in [2.24, 2.45) is 5.90 Å². The molecular formula is C4H4N6O. The van der Waals surface area contributed by atoms with Crippen LogP contribution in [0, 0.1) is 0 Å². The highest BCUT2D eigenvalue weighted by Crippen LogP contribution is 2.02. The van der Waals surface area contributed by atoms with Gasteiger partial charge in [0.25, 0.3) is 5.88 Å². The minimum absolute atomic E-state index is 0.268. The Balaban J connectivity index is 2.67. The average molecular weight is 152 g/mol. The third kappa shape index (κ3) is 0.867. The van der Waals surface area contributed by atoms with Crippen LogP contribution in [-0.2, 0) is 0 Å². The van der Waals surface area contributed by atoms with Crippen LogP contribution < -0.4 is 10.7 Å². The molecule has 0 aromatic carbocycles. The molecule has 0 amide bonds. The normalized spacial score (nSPS) is 10.3. The average Bonchev–Trinajstić information content (AvgIpc) is 2.50. The van der Waals surface area contributed by atoms with E-state index in [0.29, 0.717) is 5.65 Å². The molecule has 0 saturated heterocycles. The zero-order valence-corrected chi connectivity index (χ0v) is 5.38. The van der Waals surface area contributed by atoms with E-state index in [9.17, 15) is 0 Å². The molecule has 0 unspecified atom stereocenters. The molecule has 0 aliphatic carbocycles. The summed E-state index contributed by atoms with van der Waals surface area (Å²) in [5.74, 6) is 5.13. The van der Waals surface area contributed by atoms with Gasteiger partial charge >= 0.3 is 0 Å². The van der Waals surface area contributed by atoms with Crippen LogP contribution in [0.25, 0.3) is 5.65 Å². The van der Waals surface area contributed by atoms with Gasteiger partial charge in [-0.2, -0.15) is 5.90 Å². The molecule has 56 valence electrons. The first-order valence-corrected chi connectivity index (χ1v) is 2.82. The summed E-state index contributed by atoms with van der Waals surface area (Å²) in [6.45, 7) is 0. The van der Waals surface area contributed by atoms with E-state index in [1.54, 1.807) is 12.1 Å². The van der Waals surface area contributed by atoms with Crippen molar-refractivity contribution in [2.75, 3.05) is 0 Å². The summed E-state index contributed by atoms with van der Waals surface area (Å²) < 4.78 is 1.22. The van der Waals surface area contributed by atoms with E-state index < -0.39 is 0 Å². The maximum atomic E-state index is 4.87. The second-order valence-corrected chi connectivity index (χ2v) is 1.82. The molecule has 0 fully saturated rings. The minimum Gasteiger partial charge on any atom is -0.390 e. The van der Waals surface area contributed by atoms with Crippen LogP contribution in [0.15, 0.2) is 12.1 Å². The lowest BCUT2D eigenvalue weighted by Crippen LogP contribution is -2.06. The van der Waals surface area contributed by atoms with E-state index in [1.165, 1.54) is 4.63 Å². The molecule has 2 aromatic rings. The molecule has 0 bridgehead atoms. The molecule has 0 saturated carbocycles. The summed E-state index contributed by atoms with van der Waals surface area (Å²) in [5.41, 5.74) is 0.547. The number of rotatable bonds is 1. The van der Waals surface area contributed by atoms with Crippen LogP contribution in [0.4, 0.5) is 0 Å². The highest BCUT2D eigenvalue weighted by Gasteiger charge is 1.98. The second-order valence-electron chi connectivity index (χ2n) is 1.82. The number of nitrogens with zero attached hydrogens (tertiary/aromatic N) is 5. The Kier molecular flexibility index (Phi) is 1.16. The molecule has 2 rings (SSSR count). The van der Waals surface area contributed by atoms with Gasteiger partial charge in [0, 0.05) is 6.07 Å². The van der Waals surface area contributed by atoms with Crippen LogP contribution in [-0.4, -0.2) is 25.3 Å². The fraction of sp³-hybridized carbons (Fsp3) is 0. The van der Waals surface area contributed by atoms with Gasteiger partial charge in [-0.3, -0.25) is 0 Å². The van der Waals surface area contributed by atoms with Crippen molar-refractivity contribution < 1.29 is 4.84 Å². The van der Waals surface area contributed by atoms with Crippen LogP contribution in [0.5, 0.6) is 5.88 Å². The Morgan fingerprint density at radius 3 is 3.18 bits per heavy atom. The van der Waals surface area contributed by atoms with Gasteiger partial charge in [-0.15, -0.1) is 14.8 Å². The summed E-state index contributed by atoms with van der Waals surface area (Å²) in [5, 5.41) is 14.3. The SMILES string of the molecule is NOc1ccc2nnnn2n1. The maximum absolute atomic E-state index is 4.87. The quantitative estimate of drug-likeness (QED) is 0.514. The zero-order chi connectivity index (χ0) is 7.68. The molecule has 0 atom stereocenters. The molecule has 0 radical (unpaired) electrons. The van der Waals surface area contributed by atoms with Crippen LogP contribution in [0.3, 0.4) is 0 Å². The van der Waals surface area contributed by atoms with Crippen LogP contribution in [0.2, 0.25) is 0 Å². The molecular weight excluding hydrogens is 148 g/mol. The minimum atomic E-state index is 0.268. The van der Waals surface area contributed by atoms with Gasteiger partial charge in [0.1, 0.15) is 0 Å². The fourth-order valence-electron chi connectivity index (χ4n) is 0.696. The van der Waals surface area contributed by atoms with E-state index >= 15 is 0 Å². The number of hydrogen-bond donors (Lipinski definition) is 1. The van der Waals surface area contributed by atoms with Crippen molar-refractivity contribution in [3.05, 3.63) is 12.1 Å². The molecule has 2 heterocycles. The third-order valence-corrected chi connectivity index (χ3v) is 1.17. The number of fused-ring (bicyclic) bond motifs is 1. The maximum Gasteiger partial charge on any atom is 0.256 e. The standard InChI is InChI=1S/C4H4N6O/c5-11-4-2-1-3-6-8-9-10(3)7-4/h1-2H,5H2. The van der Waals surface area contributed by atoms with Crippen LogP contribution in [0.1, 0.15) is 0 Å². The first-order valence-electron chi connectivity index (χ1n) is 2.82. The lowest BCUT2D eigenvalue weighted by atomic mass is 10.5. The van der Waals surface area contributed by atoms with E-state index in [-0.39, 0.29) is 5.88 Å². The van der Waals surface area contributed by atoms with Crippen molar-refractivity contribution in [1.29, 1.82) is 0 Å². The summed E-state index contributed by atoms with van der Waals surface area (Å²) in [6, 6.07) is 3.22. The summed E-state index contributed by atoms with van der Waals surface area (Å²) in [4.78, 5) is 4.36. The molecule has 0 aliphatic heterocycles. The first-order chi connectivity index (χ1) is 5.40. The van der Waals surface area contributed by atoms with Gasteiger partial charge in [-0.05, 0) is 16.5 Å². The van der Waals surface area contributed by atoms with Gasteiger partial charge in [0.05, 0.1) is 0 Å². The van der Waals surface area contributed by atoms with Crippen molar-refractivity contribution in [3.63, 3.8) is 0 Å². The Hall–Kier alpha value is -1.76. The fourth-order valence-corrected chi connectivity index (χ4v) is 0.696. The lowest BCUT2D eigenvalue weighted by molar-refractivity contribution is 0.313. The van der Waals surface area contributed by atoms with Crippen molar-refractivity contribution in [2.45, 2.75) is 0 Å². The number of hydrogen-bond acceptors (Lipinski definition) is 6. The second kappa shape index (κ2) is 2.13. The van der Waals surface area contributed by atoms with Gasteiger partial charge in [0.15, 0.2) is 5.65 Å². The lowest BCUT2D eigenvalue weighted by Gasteiger charge is -1.93. The van der Waals surface area contributed by atoms with Crippen molar-refractivity contribution >= 4 is 5.65 Å². The Bertz CT molecular complexity index is 369. The van der Waals surface area contributed by atoms with Gasteiger partial charge < -0.3 is 4.84 Å². The molecule has 11 heavy (non-hydrogen) atoms. The zero-order valence-electron chi connectivity index (χ0n) is 5.38. The largest absolute Gasteiger partial charge is 0.390 e. The Morgan fingerprint density at radius 2 is 2.36 bits per heavy atom. The van der Waals surface area contributed by atoms with Crippen molar-refractivity contribution in [3.8, 4) is 5.88 Å². The van der Waals surface area contributed by atoms with E-state index in [0.717, 1.165) is 0 Å². The van der Waals surface area contributed by atoms with Gasteiger partial charge in [-0.25, -0.2) is 0 Å². The van der Waals surface area contributed by atoms with Crippen molar-refractivity contribution in [1.82, 2.24) is 25.3 Å². The Labute approximate surface area is 60.7 Å². The summed E-state index contributed by atoms with van der Waals surface area (Å²) >= 11 is 0. The third-order valence-electron chi connectivity index (χ3n) is 1.17. The first kappa shape index (κ1) is 5.98. The Morgan fingerprint density at radius 1 is 1.45 bits per heavy atom. The molecule has 0 aliphatic rings. The van der Waals surface area contributed by atoms with Gasteiger partial charge in [0.2, 0.25) is 0 Å².